The molecule has 1 aromatic rings. The summed E-state index contributed by atoms with van der Waals surface area (Å²) in [5, 5.41) is 0. The van der Waals surface area contributed by atoms with Gasteiger partial charge in [-0.2, -0.15) is 13.2 Å². The minimum atomic E-state index is -4.48. The second-order valence-electron chi connectivity index (χ2n) is 4.71. The Hall–Kier alpha value is -1.79. The minimum absolute atomic E-state index is 0.310. The van der Waals surface area contributed by atoms with Gasteiger partial charge in [0.15, 0.2) is 6.61 Å². The number of nitrogens with zero attached hydrogens (tertiary/aromatic N) is 2. The van der Waals surface area contributed by atoms with E-state index in [1.165, 1.54) is 4.90 Å². The van der Waals surface area contributed by atoms with Gasteiger partial charge in [-0.05, 0) is 36.5 Å². The number of ether oxygens (including phenoxy) is 1. The molecule has 0 N–H and O–H groups in total. The molecule has 2 heterocycles. The lowest BCUT2D eigenvalue weighted by molar-refractivity contribution is -0.162. The van der Waals surface area contributed by atoms with Crippen molar-refractivity contribution in [3.05, 3.63) is 30.1 Å². The monoisotopic (exact) mass is 288 g/mol. The van der Waals surface area contributed by atoms with Crippen molar-refractivity contribution in [3.8, 4) is 0 Å². The van der Waals surface area contributed by atoms with Gasteiger partial charge in [0.2, 0.25) is 0 Å². The molecule has 0 atom stereocenters. The van der Waals surface area contributed by atoms with Crippen molar-refractivity contribution in [2.24, 2.45) is 0 Å². The highest BCUT2D eigenvalue weighted by Crippen LogP contribution is 2.27. The van der Waals surface area contributed by atoms with E-state index < -0.39 is 18.9 Å². The van der Waals surface area contributed by atoms with Gasteiger partial charge in [0, 0.05) is 25.5 Å². The first-order valence-electron chi connectivity index (χ1n) is 6.34. The summed E-state index contributed by atoms with van der Waals surface area (Å²) in [5.41, 5.74) is 1.14. The molecular weight excluding hydrogens is 273 g/mol. The van der Waals surface area contributed by atoms with Crippen LogP contribution in [0.3, 0.4) is 0 Å². The molecule has 7 heteroatoms. The Morgan fingerprint density at radius 1 is 1.30 bits per heavy atom. The lowest BCUT2D eigenvalue weighted by Gasteiger charge is -2.31. The smallest absolute Gasteiger partial charge is 0.422 e. The van der Waals surface area contributed by atoms with E-state index in [4.69, 9.17) is 0 Å². The molecule has 2 rings (SSSR count). The maximum Gasteiger partial charge on any atom is 0.422 e. The first-order valence-corrected chi connectivity index (χ1v) is 6.34. The lowest BCUT2D eigenvalue weighted by atomic mass is 9.90. The normalized spacial score (nSPS) is 17.1. The zero-order chi connectivity index (χ0) is 14.6. The fourth-order valence-corrected chi connectivity index (χ4v) is 2.27. The molecule has 1 amide bonds. The largest absolute Gasteiger partial charge is 0.440 e. The third-order valence-electron chi connectivity index (χ3n) is 3.29. The van der Waals surface area contributed by atoms with Crippen molar-refractivity contribution in [1.82, 2.24) is 9.88 Å². The van der Waals surface area contributed by atoms with Gasteiger partial charge in [0.25, 0.3) is 0 Å². The van der Waals surface area contributed by atoms with Crippen molar-refractivity contribution in [1.29, 1.82) is 0 Å². The van der Waals surface area contributed by atoms with Crippen LogP contribution in [0.25, 0.3) is 0 Å². The molecule has 0 spiro atoms. The summed E-state index contributed by atoms with van der Waals surface area (Å²) in [5.74, 6) is 0.310. The van der Waals surface area contributed by atoms with E-state index in [1.807, 2.05) is 12.1 Å². The number of likely N-dealkylation sites (tertiary alicyclic amines) is 1. The predicted molar refractivity (Wildman–Crippen MR) is 65.2 cm³/mol. The number of hydrogen-bond acceptors (Lipinski definition) is 3. The lowest BCUT2D eigenvalue weighted by Crippen LogP contribution is -2.39. The maximum atomic E-state index is 12.0. The van der Waals surface area contributed by atoms with E-state index in [2.05, 4.69) is 9.72 Å². The number of piperidine rings is 1. The topological polar surface area (TPSA) is 42.4 Å². The fraction of sp³-hybridized carbons (Fsp3) is 0.538. The van der Waals surface area contributed by atoms with Crippen LogP contribution in [-0.2, 0) is 4.74 Å². The van der Waals surface area contributed by atoms with Gasteiger partial charge in [-0.3, -0.25) is 4.98 Å². The summed E-state index contributed by atoms with van der Waals surface area (Å²) < 4.78 is 40.1. The standard InChI is InChI=1S/C13H15F3N2O2/c14-13(15,16)9-20-12(19)18-7-3-11(4-8-18)10-1-5-17-6-2-10/h1-2,5-6,11H,3-4,7-9H2. The number of amides is 1. The first-order chi connectivity index (χ1) is 9.46. The first kappa shape index (κ1) is 14.6. The number of aromatic nitrogens is 1. The van der Waals surface area contributed by atoms with E-state index in [0.29, 0.717) is 31.8 Å². The number of carbonyl (C=O) groups is 1. The minimum Gasteiger partial charge on any atom is -0.440 e. The summed E-state index contributed by atoms with van der Waals surface area (Å²) in [6.07, 6.45) is -0.532. The second-order valence-corrected chi connectivity index (χ2v) is 4.71. The van der Waals surface area contributed by atoms with Gasteiger partial charge >= 0.3 is 12.3 Å². The van der Waals surface area contributed by atoms with Crippen molar-refractivity contribution >= 4 is 6.09 Å². The van der Waals surface area contributed by atoms with Gasteiger partial charge < -0.3 is 9.64 Å². The molecule has 0 aromatic carbocycles. The van der Waals surface area contributed by atoms with Crippen molar-refractivity contribution in [3.63, 3.8) is 0 Å². The Labute approximate surface area is 114 Å². The van der Waals surface area contributed by atoms with Crippen LogP contribution in [-0.4, -0.2) is 41.8 Å². The van der Waals surface area contributed by atoms with Crippen LogP contribution in [0.15, 0.2) is 24.5 Å². The third-order valence-corrected chi connectivity index (χ3v) is 3.29. The molecule has 4 nitrogen and oxygen atoms in total. The highest BCUT2D eigenvalue weighted by atomic mass is 19.4. The number of halogens is 3. The number of pyridine rings is 1. The van der Waals surface area contributed by atoms with Crippen LogP contribution in [0.5, 0.6) is 0 Å². The molecule has 1 fully saturated rings. The van der Waals surface area contributed by atoms with E-state index in [0.717, 1.165) is 5.56 Å². The predicted octanol–water partition coefficient (Wildman–Crippen LogP) is 2.96. The molecular formula is C13H15F3N2O2. The summed E-state index contributed by atoms with van der Waals surface area (Å²) in [4.78, 5) is 16.7. The molecule has 110 valence electrons. The zero-order valence-electron chi connectivity index (χ0n) is 10.8. The highest BCUT2D eigenvalue weighted by molar-refractivity contribution is 5.67. The maximum absolute atomic E-state index is 12.0. The molecule has 0 unspecified atom stereocenters. The second kappa shape index (κ2) is 6.11. The molecule has 0 radical (unpaired) electrons. The summed E-state index contributed by atoms with van der Waals surface area (Å²) in [6.45, 7) is -0.719. The average molecular weight is 288 g/mol. The Morgan fingerprint density at radius 2 is 1.90 bits per heavy atom. The van der Waals surface area contributed by atoms with Crippen LogP contribution < -0.4 is 0 Å². The Kier molecular flexibility index (Phi) is 4.46. The van der Waals surface area contributed by atoms with Gasteiger partial charge in [-0.1, -0.05) is 0 Å². The van der Waals surface area contributed by atoms with Crippen LogP contribution in [0.1, 0.15) is 24.3 Å². The van der Waals surface area contributed by atoms with Crippen LogP contribution in [0.2, 0.25) is 0 Å². The number of hydrogen-bond donors (Lipinski definition) is 0. The van der Waals surface area contributed by atoms with Crippen LogP contribution >= 0.6 is 0 Å². The Bertz CT molecular complexity index is 443. The molecule has 0 aliphatic carbocycles. The number of carbonyl (C=O) groups excluding carboxylic acids is 1. The van der Waals surface area contributed by atoms with Crippen LogP contribution in [0.4, 0.5) is 18.0 Å². The molecule has 0 saturated carbocycles. The zero-order valence-corrected chi connectivity index (χ0v) is 10.8. The van der Waals surface area contributed by atoms with E-state index in [1.54, 1.807) is 12.4 Å². The Balaban J connectivity index is 1.81. The molecule has 1 aliphatic heterocycles. The van der Waals surface area contributed by atoms with Gasteiger partial charge in [-0.25, -0.2) is 4.79 Å². The van der Waals surface area contributed by atoms with E-state index in [-0.39, 0.29) is 0 Å². The van der Waals surface area contributed by atoms with Crippen molar-refractivity contribution in [2.75, 3.05) is 19.7 Å². The SMILES string of the molecule is O=C(OCC(F)(F)F)N1CCC(c2ccncc2)CC1. The van der Waals surface area contributed by atoms with Gasteiger partial charge in [0.1, 0.15) is 0 Å². The highest BCUT2D eigenvalue weighted by Gasteiger charge is 2.32. The summed E-state index contributed by atoms with van der Waals surface area (Å²) in [6, 6.07) is 3.84. The van der Waals surface area contributed by atoms with E-state index >= 15 is 0 Å². The molecule has 1 aliphatic rings. The molecule has 1 aromatic heterocycles. The number of rotatable bonds is 2. The van der Waals surface area contributed by atoms with Gasteiger partial charge in [0.05, 0.1) is 0 Å². The van der Waals surface area contributed by atoms with Gasteiger partial charge in [-0.15, -0.1) is 0 Å². The average Bonchev–Trinajstić information content (AvgIpc) is 2.45. The van der Waals surface area contributed by atoms with Crippen molar-refractivity contribution in [2.45, 2.75) is 24.9 Å². The Morgan fingerprint density at radius 3 is 2.45 bits per heavy atom. The van der Waals surface area contributed by atoms with Crippen molar-refractivity contribution < 1.29 is 22.7 Å². The summed E-state index contributed by atoms with van der Waals surface area (Å²) in [7, 11) is 0. The summed E-state index contributed by atoms with van der Waals surface area (Å²) >= 11 is 0. The number of alkyl halides is 3. The van der Waals surface area contributed by atoms with Crippen LogP contribution in [0, 0.1) is 0 Å². The quantitative estimate of drug-likeness (QED) is 0.840. The fourth-order valence-electron chi connectivity index (χ4n) is 2.27. The third kappa shape index (κ3) is 4.11. The molecule has 1 saturated heterocycles. The molecule has 0 bridgehead atoms. The molecule has 20 heavy (non-hydrogen) atoms. The van der Waals surface area contributed by atoms with E-state index in [9.17, 15) is 18.0 Å².